The highest BCUT2D eigenvalue weighted by molar-refractivity contribution is 6.02. The number of benzene rings is 1. The molecule has 0 aliphatic carbocycles. The topological polar surface area (TPSA) is 87.7 Å². The van der Waals surface area contributed by atoms with Crippen LogP contribution in [0, 0.1) is 0 Å². The monoisotopic (exact) mass is 303 g/mol. The van der Waals surface area contributed by atoms with Gasteiger partial charge in [0.2, 0.25) is 11.8 Å². The minimum absolute atomic E-state index is 0.0825. The van der Waals surface area contributed by atoms with Gasteiger partial charge in [-0.25, -0.2) is 0 Å². The Balaban J connectivity index is 1.93. The lowest BCUT2D eigenvalue weighted by Gasteiger charge is -2.28. The summed E-state index contributed by atoms with van der Waals surface area (Å²) in [6.07, 6.45) is 2.86. The molecule has 1 heterocycles. The average Bonchev–Trinajstić information content (AvgIpc) is 2.54. The Hall–Kier alpha value is -2.83. The number of hydrogen-bond acceptors (Lipinski definition) is 4. The van der Waals surface area contributed by atoms with Gasteiger partial charge in [-0.1, -0.05) is 18.2 Å². The lowest BCUT2D eigenvalue weighted by molar-refractivity contribution is -0.125. The predicted octanol–water partition coefficient (Wildman–Crippen LogP) is -0.170. The van der Waals surface area contributed by atoms with Crippen LogP contribution in [0.25, 0.3) is 0 Å². The fourth-order valence-corrected chi connectivity index (χ4v) is 1.95. The van der Waals surface area contributed by atoms with Crippen LogP contribution >= 0.6 is 0 Å². The van der Waals surface area contributed by atoms with Gasteiger partial charge in [0, 0.05) is 19.7 Å². The molecule has 2 N–H and O–H groups in total. The van der Waals surface area contributed by atoms with Crippen molar-refractivity contribution in [2.45, 2.75) is 0 Å². The highest BCUT2D eigenvalue weighted by Crippen LogP contribution is 2.30. The third-order valence-corrected chi connectivity index (χ3v) is 3.04. The smallest absolute Gasteiger partial charge is 0.265 e. The molecule has 3 amide bonds. The third kappa shape index (κ3) is 3.85. The first-order valence-electron chi connectivity index (χ1n) is 6.79. The Morgan fingerprint density at radius 2 is 2.14 bits per heavy atom. The van der Waals surface area contributed by atoms with Crippen LogP contribution < -0.4 is 20.3 Å². The van der Waals surface area contributed by atoms with Crippen molar-refractivity contribution in [2.75, 3.05) is 31.6 Å². The molecule has 0 radical (unpaired) electrons. The molecule has 0 fully saturated rings. The van der Waals surface area contributed by atoms with E-state index in [0.717, 1.165) is 0 Å². The summed E-state index contributed by atoms with van der Waals surface area (Å²) in [5.41, 5.74) is 0.579. The van der Waals surface area contributed by atoms with Gasteiger partial charge < -0.3 is 15.4 Å². The Bertz CT molecular complexity index is 613. The molecule has 0 bridgehead atoms. The molecule has 0 aromatic heterocycles. The van der Waals surface area contributed by atoms with Gasteiger partial charge in [0.25, 0.3) is 5.91 Å². The van der Waals surface area contributed by atoms with Crippen LogP contribution in [0.4, 0.5) is 5.69 Å². The van der Waals surface area contributed by atoms with Gasteiger partial charge in [0.15, 0.2) is 6.61 Å². The molecule has 22 heavy (non-hydrogen) atoms. The molecule has 1 aromatic rings. The second-order valence-corrected chi connectivity index (χ2v) is 4.56. The summed E-state index contributed by atoms with van der Waals surface area (Å²) in [4.78, 5) is 36.2. The van der Waals surface area contributed by atoms with Crippen molar-refractivity contribution in [3.05, 3.63) is 36.4 Å². The van der Waals surface area contributed by atoms with Crippen LogP contribution in [0.5, 0.6) is 5.75 Å². The molecule has 0 saturated carbocycles. The normalized spacial score (nSPS) is 13.5. The predicted molar refractivity (Wildman–Crippen MR) is 80.5 cm³/mol. The van der Waals surface area contributed by atoms with E-state index in [1.54, 1.807) is 24.3 Å². The van der Waals surface area contributed by atoms with E-state index in [4.69, 9.17) is 4.74 Å². The lowest BCUT2D eigenvalue weighted by atomic mass is 10.2. The summed E-state index contributed by atoms with van der Waals surface area (Å²) in [7, 11) is 1.52. The van der Waals surface area contributed by atoms with E-state index in [0.29, 0.717) is 11.4 Å². The van der Waals surface area contributed by atoms with E-state index in [9.17, 15) is 14.4 Å². The van der Waals surface area contributed by atoms with Crippen molar-refractivity contribution in [3.63, 3.8) is 0 Å². The number of carbonyl (C=O) groups is 3. The highest BCUT2D eigenvalue weighted by atomic mass is 16.5. The third-order valence-electron chi connectivity index (χ3n) is 3.04. The van der Waals surface area contributed by atoms with Crippen LogP contribution in [0.1, 0.15) is 0 Å². The summed E-state index contributed by atoms with van der Waals surface area (Å²) in [5.74, 6) is -0.248. The highest BCUT2D eigenvalue weighted by Gasteiger charge is 2.26. The van der Waals surface area contributed by atoms with E-state index in [-0.39, 0.29) is 37.4 Å². The standard InChI is InChI=1S/C15H17N3O4/c1-16-13(19)7-4-8-17-14(20)9-18-11-5-2-3-6-12(11)22-10-15(18)21/h2-7H,8-10H2,1H3,(H,16,19)(H,17,20)/b7-4+. The molecule has 1 aliphatic rings. The number of nitrogens with zero attached hydrogens (tertiary/aromatic N) is 1. The second kappa shape index (κ2) is 7.26. The molecular formula is C15H17N3O4. The van der Waals surface area contributed by atoms with Crippen LogP contribution in [0.15, 0.2) is 36.4 Å². The van der Waals surface area contributed by atoms with Gasteiger partial charge in [-0.2, -0.15) is 0 Å². The summed E-state index contributed by atoms with van der Waals surface area (Å²) >= 11 is 0. The number of fused-ring (bicyclic) bond motifs is 1. The van der Waals surface area contributed by atoms with Crippen molar-refractivity contribution < 1.29 is 19.1 Å². The summed E-state index contributed by atoms with van der Waals surface area (Å²) < 4.78 is 5.31. The molecule has 2 rings (SSSR count). The van der Waals surface area contributed by atoms with Crippen molar-refractivity contribution >= 4 is 23.4 Å². The van der Waals surface area contributed by atoms with Crippen molar-refractivity contribution in [2.24, 2.45) is 0 Å². The zero-order valence-corrected chi connectivity index (χ0v) is 12.2. The first-order chi connectivity index (χ1) is 10.6. The fourth-order valence-electron chi connectivity index (χ4n) is 1.95. The van der Waals surface area contributed by atoms with Gasteiger partial charge in [0.05, 0.1) is 5.69 Å². The maximum Gasteiger partial charge on any atom is 0.265 e. The van der Waals surface area contributed by atoms with E-state index in [2.05, 4.69) is 10.6 Å². The largest absolute Gasteiger partial charge is 0.482 e. The number of nitrogens with one attached hydrogen (secondary N) is 2. The molecule has 7 nitrogen and oxygen atoms in total. The first-order valence-corrected chi connectivity index (χ1v) is 6.79. The minimum Gasteiger partial charge on any atom is -0.482 e. The average molecular weight is 303 g/mol. The number of anilines is 1. The molecular weight excluding hydrogens is 286 g/mol. The van der Waals surface area contributed by atoms with Crippen molar-refractivity contribution in [1.82, 2.24) is 10.6 Å². The molecule has 0 atom stereocenters. The zero-order valence-electron chi connectivity index (χ0n) is 12.2. The number of ether oxygens (including phenoxy) is 1. The van der Waals surface area contributed by atoms with Crippen LogP contribution in [-0.4, -0.2) is 44.5 Å². The van der Waals surface area contributed by atoms with E-state index < -0.39 is 0 Å². The molecule has 7 heteroatoms. The minimum atomic E-state index is -0.313. The first kappa shape index (κ1) is 15.6. The Labute approximate surface area is 127 Å². The van der Waals surface area contributed by atoms with E-state index in [1.165, 1.54) is 24.1 Å². The van der Waals surface area contributed by atoms with Crippen LogP contribution in [0.3, 0.4) is 0 Å². The number of likely N-dealkylation sites (N-methyl/N-ethyl adjacent to an activating group) is 1. The number of hydrogen-bond donors (Lipinski definition) is 2. The van der Waals surface area contributed by atoms with Crippen molar-refractivity contribution in [1.29, 1.82) is 0 Å². The maximum absolute atomic E-state index is 11.9. The molecule has 1 aromatic carbocycles. The molecule has 1 aliphatic heterocycles. The van der Waals surface area contributed by atoms with Gasteiger partial charge in [-0.05, 0) is 12.1 Å². The Morgan fingerprint density at radius 1 is 1.36 bits per heavy atom. The Kier molecular flexibility index (Phi) is 5.13. The fraction of sp³-hybridized carbons (Fsp3) is 0.267. The number of rotatable bonds is 5. The number of amides is 3. The number of para-hydroxylation sites is 2. The van der Waals surface area contributed by atoms with Gasteiger partial charge in [-0.15, -0.1) is 0 Å². The summed E-state index contributed by atoms with van der Waals surface area (Å²) in [6, 6.07) is 7.05. The second-order valence-electron chi connectivity index (χ2n) is 4.56. The quantitative estimate of drug-likeness (QED) is 0.739. The maximum atomic E-state index is 11.9. The number of carbonyl (C=O) groups excluding carboxylic acids is 3. The molecule has 0 saturated heterocycles. The van der Waals surface area contributed by atoms with Gasteiger partial charge >= 0.3 is 0 Å². The molecule has 0 spiro atoms. The lowest BCUT2D eigenvalue weighted by Crippen LogP contribution is -2.45. The summed E-state index contributed by atoms with van der Waals surface area (Å²) in [5, 5.41) is 5.05. The van der Waals surface area contributed by atoms with Gasteiger partial charge in [0.1, 0.15) is 12.3 Å². The zero-order chi connectivity index (χ0) is 15.9. The van der Waals surface area contributed by atoms with Crippen LogP contribution in [-0.2, 0) is 14.4 Å². The summed E-state index contributed by atoms with van der Waals surface area (Å²) in [6.45, 7) is 0.0420. The van der Waals surface area contributed by atoms with Crippen LogP contribution in [0.2, 0.25) is 0 Å². The van der Waals surface area contributed by atoms with E-state index >= 15 is 0 Å². The Morgan fingerprint density at radius 3 is 2.91 bits per heavy atom. The molecule has 116 valence electrons. The van der Waals surface area contributed by atoms with Gasteiger partial charge in [-0.3, -0.25) is 19.3 Å². The SMILES string of the molecule is CNC(=O)/C=C/CNC(=O)CN1C(=O)COc2ccccc21. The van der Waals surface area contributed by atoms with E-state index in [1.807, 2.05) is 0 Å². The molecule has 0 unspecified atom stereocenters. The van der Waals surface area contributed by atoms with Crippen molar-refractivity contribution in [3.8, 4) is 5.75 Å².